The van der Waals surface area contributed by atoms with Crippen molar-refractivity contribution in [1.29, 1.82) is 0 Å². The minimum atomic E-state index is -0.168. The van der Waals surface area contributed by atoms with Crippen molar-refractivity contribution < 1.29 is 4.79 Å². The number of nitrogens with two attached hydrogens (primary N) is 1. The number of hydrogen-bond donors (Lipinski definition) is 3. The molecule has 1 atom stereocenters. The summed E-state index contributed by atoms with van der Waals surface area (Å²) in [6.45, 7) is 0.466. The van der Waals surface area contributed by atoms with Gasteiger partial charge in [0.1, 0.15) is 11.4 Å². The Bertz CT molecular complexity index is 636. The highest BCUT2D eigenvalue weighted by molar-refractivity contribution is 9.10. The number of aromatic nitrogens is 2. The molecule has 0 spiro atoms. The summed E-state index contributed by atoms with van der Waals surface area (Å²) in [7, 11) is 0. The SMILES string of the molecule is NCC(NC(=O)c1[nH]nc(-c2ccccc2)c1Br)C1CC1. The molecule has 3 rings (SSSR count). The van der Waals surface area contributed by atoms with Crippen molar-refractivity contribution in [3.05, 3.63) is 40.5 Å². The van der Waals surface area contributed by atoms with Gasteiger partial charge in [-0.3, -0.25) is 9.89 Å². The van der Waals surface area contributed by atoms with E-state index in [9.17, 15) is 4.79 Å². The van der Waals surface area contributed by atoms with Crippen molar-refractivity contribution in [1.82, 2.24) is 15.5 Å². The molecule has 6 heteroatoms. The van der Waals surface area contributed by atoms with Gasteiger partial charge in [-0.25, -0.2) is 0 Å². The summed E-state index contributed by atoms with van der Waals surface area (Å²) in [6.07, 6.45) is 2.28. The summed E-state index contributed by atoms with van der Waals surface area (Å²) in [4.78, 5) is 12.3. The maximum absolute atomic E-state index is 12.3. The molecule has 1 heterocycles. The Balaban J connectivity index is 1.80. The van der Waals surface area contributed by atoms with E-state index in [1.165, 1.54) is 0 Å². The van der Waals surface area contributed by atoms with Crippen LogP contribution >= 0.6 is 15.9 Å². The lowest BCUT2D eigenvalue weighted by Crippen LogP contribution is -2.42. The molecule has 0 radical (unpaired) electrons. The Labute approximate surface area is 131 Å². The number of hydrogen-bond acceptors (Lipinski definition) is 3. The van der Waals surface area contributed by atoms with Crippen LogP contribution in [0.5, 0.6) is 0 Å². The van der Waals surface area contributed by atoms with Crippen LogP contribution in [-0.2, 0) is 0 Å². The molecule has 0 saturated heterocycles. The minimum absolute atomic E-state index is 0.0490. The van der Waals surface area contributed by atoms with Gasteiger partial charge in [0.05, 0.1) is 4.47 Å². The monoisotopic (exact) mass is 348 g/mol. The van der Waals surface area contributed by atoms with Crippen LogP contribution in [0.1, 0.15) is 23.3 Å². The second kappa shape index (κ2) is 5.99. The summed E-state index contributed by atoms with van der Waals surface area (Å²) >= 11 is 3.47. The second-order valence-corrected chi connectivity index (χ2v) is 6.07. The van der Waals surface area contributed by atoms with Gasteiger partial charge in [0.2, 0.25) is 0 Å². The quantitative estimate of drug-likeness (QED) is 0.775. The molecule has 5 nitrogen and oxygen atoms in total. The van der Waals surface area contributed by atoms with E-state index in [0.29, 0.717) is 22.6 Å². The molecule has 1 fully saturated rings. The zero-order valence-electron chi connectivity index (χ0n) is 11.5. The van der Waals surface area contributed by atoms with Gasteiger partial charge >= 0.3 is 0 Å². The molecule has 110 valence electrons. The number of rotatable bonds is 5. The normalized spacial score (nSPS) is 15.7. The molecule has 1 aliphatic rings. The third kappa shape index (κ3) is 3.01. The fourth-order valence-corrected chi connectivity index (χ4v) is 2.96. The highest BCUT2D eigenvalue weighted by Crippen LogP contribution is 2.33. The van der Waals surface area contributed by atoms with E-state index in [1.807, 2.05) is 30.3 Å². The standard InChI is InChI=1S/C15H17BrN4O/c16-12-13(10-4-2-1-3-5-10)19-20-14(12)15(21)18-11(8-17)9-6-7-9/h1-5,9,11H,6-8,17H2,(H,18,21)(H,19,20). The number of amides is 1. The molecule has 1 unspecified atom stereocenters. The number of benzene rings is 1. The Kier molecular flexibility index (Phi) is 4.07. The average molecular weight is 349 g/mol. The third-order valence-corrected chi connectivity index (χ3v) is 4.51. The summed E-state index contributed by atoms with van der Waals surface area (Å²) in [5.74, 6) is 0.355. The van der Waals surface area contributed by atoms with Gasteiger partial charge in [0.25, 0.3) is 5.91 Å². The number of aromatic amines is 1. The summed E-state index contributed by atoms with van der Waals surface area (Å²) in [5, 5.41) is 10.0. The van der Waals surface area contributed by atoms with Crippen molar-refractivity contribution in [3.63, 3.8) is 0 Å². The van der Waals surface area contributed by atoms with Crippen LogP contribution in [0.2, 0.25) is 0 Å². The van der Waals surface area contributed by atoms with Crippen LogP contribution in [0, 0.1) is 5.92 Å². The number of nitrogens with one attached hydrogen (secondary N) is 2. The van der Waals surface area contributed by atoms with Gasteiger partial charge in [0, 0.05) is 18.2 Å². The van der Waals surface area contributed by atoms with Gasteiger partial charge in [-0.2, -0.15) is 5.10 Å². The smallest absolute Gasteiger partial charge is 0.270 e. The first-order valence-corrected chi connectivity index (χ1v) is 7.80. The summed E-state index contributed by atoms with van der Waals surface area (Å²) in [6, 6.07) is 9.78. The van der Waals surface area contributed by atoms with Gasteiger partial charge in [-0.05, 0) is 34.7 Å². The third-order valence-electron chi connectivity index (χ3n) is 3.74. The minimum Gasteiger partial charge on any atom is -0.346 e. The first kappa shape index (κ1) is 14.3. The first-order valence-electron chi connectivity index (χ1n) is 7.01. The maximum Gasteiger partial charge on any atom is 0.270 e. The number of carbonyl (C=O) groups excluding carboxylic acids is 1. The van der Waals surface area contributed by atoms with Crippen molar-refractivity contribution in [3.8, 4) is 11.3 Å². The van der Waals surface area contributed by atoms with Gasteiger partial charge < -0.3 is 11.1 Å². The molecule has 1 saturated carbocycles. The Morgan fingerprint density at radius 2 is 2.14 bits per heavy atom. The van der Waals surface area contributed by atoms with E-state index in [0.717, 1.165) is 24.1 Å². The average Bonchev–Trinajstić information content (AvgIpc) is 3.28. The zero-order chi connectivity index (χ0) is 14.8. The van der Waals surface area contributed by atoms with Crippen molar-refractivity contribution in [2.75, 3.05) is 6.54 Å². The fourth-order valence-electron chi connectivity index (χ4n) is 2.37. The van der Waals surface area contributed by atoms with Crippen LogP contribution < -0.4 is 11.1 Å². The molecule has 2 aromatic rings. The second-order valence-electron chi connectivity index (χ2n) is 5.28. The van der Waals surface area contributed by atoms with E-state index in [2.05, 4.69) is 31.4 Å². The zero-order valence-corrected chi connectivity index (χ0v) is 13.1. The molecule has 1 amide bonds. The molecular formula is C15H17BrN4O. The molecule has 4 N–H and O–H groups in total. The van der Waals surface area contributed by atoms with Gasteiger partial charge in [-0.15, -0.1) is 0 Å². The number of nitrogens with zero attached hydrogens (tertiary/aromatic N) is 1. The lowest BCUT2D eigenvalue weighted by molar-refractivity contribution is 0.0927. The van der Waals surface area contributed by atoms with Crippen LogP contribution in [-0.4, -0.2) is 28.7 Å². The predicted molar refractivity (Wildman–Crippen MR) is 84.8 cm³/mol. The van der Waals surface area contributed by atoms with Crippen LogP contribution in [0.4, 0.5) is 0 Å². The summed E-state index contributed by atoms with van der Waals surface area (Å²) in [5.41, 5.74) is 7.85. The molecule has 0 bridgehead atoms. The molecule has 1 aliphatic carbocycles. The van der Waals surface area contributed by atoms with Gasteiger partial charge in [0.15, 0.2) is 0 Å². The van der Waals surface area contributed by atoms with E-state index in [4.69, 9.17) is 5.73 Å². The van der Waals surface area contributed by atoms with E-state index in [1.54, 1.807) is 0 Å². The van der Waals surface area contributed by atoms with E-state index in [-0.39, 0.29) is 11.9 Å². The van der Waals surface area contributed by atoms with Crippen molar-refractivity contribution in [2.45, 2.75) is 18.9 Å². The number of carbonyl (C=O) groups is 1. The molecule has 0 aliphatic heterocycles. The molecule has 1 aromatic carbocycles. The molecule has 21 heavy (non-hydrogen) atoms. The Morgan fingerprint density at radius 3 is 2.76 bits per heavy atom. The van der Waals surface area contributed by atoms with Crippen LogP contribution in [0.25, 0.3) is 11.3 Å². The van der Waals surface area contributed by atoms with Crippen LogP contribution in [0.3, 0.4) is 0 Å². The number of halogens is 1. The highest BCUT2D eigenvalue weighted by Gasteiger charge is 2.32. The fraction of sp³-hybridized carbons (Fsp3) is 0.333. The maximum atomic E-state index is 12.3. The van der Waals surface area contributed by atoms with E-state index >= 15 is 0 Å². The largest absolute Gasteiger partial charge is 0.346 e. The topological polar surface area (TPSA) is 83.8 Å². The number of H-pyrrole nitrogens is 1. The predicted octanol–water partition coefficient (Wildman–Crippen LogP) is 2.31. The van der Waals surface area contributed by atoms with Crippen LogP contribution in [0.15, 0.2) is 34.8 Å². The van der Waals surface area contributed by atoms with Gasteiger partial charge in [-0.1, -0.05) is 30.3 Å². The lowest BCUT2D eigenvalue weighted by Gasteiger charge is -2.15. The van der Waals surface area contributed by atoms with Crippen molar-refractivity contribution >= 4 is 21.8 Å². The molecular weight excluding hydrogens is 332 g/mol. The Hall–Kier alpha value is -1.66. The summed E-state index contributed by atoms with van der Waals surface area (Å²) < 4.78 is 0.678. The first-order chi connectivity index (χ1) is 10.2. The molecule has 1 aromatic heterocycles. The lowest BCUT2D eigenvalue weighted by atomic mass is 10.1. The van der Waals surface area contributed by atoms with E-state index < -0.39 is 0 Å². The Morgan fingerprint density at radius 1 is 1.43 bits per heavy atom. The highest BCUT2D eigenvalue weighted by atomic mass is 79.9. The van der Waals surface area contributed by atoms with Crippen molar-refractivity contribution in [2.24, 2.45) is 11.7 Å².